The molecule has 0 unspecified atom stereocenters. The molecule has 1 fully saturated rings. The molecule has 0 saturated carbocycles. The van der Waals surface area contributed by atoms with Crippen LogP contribution in [0.4, 0.5) is 5.95 Å². The van der Waals surface area contributed by atoms with Crippen molar-refractivity contribution in [3.05, 3.63) is 16.7 Å². The number of carbonyl (C=O) groups excluding carboxylic acids is 3. The van der Waals surface area contributed by atoms with Crippen LogP contribution in [-0.4, -0.2) is 222 Å². The largest absolute Gasteiger partial charge is 0.461 e. The van der Waals surface area contributed by atoms with Gasteiger partial charge in [-0.3, -0.25) is 14.3 Å². The molecule has 1 aliphatic heterocycles. The zero-order valence-electron chi connectivity index (χ0n) is 35.5. The van der Waals surface area contributed by atoms with Gasteiger partial charge >= 0.3 is 17.9 Å². The lowest BCUT2D eigenvalue weighted by atomic mass is 10.1. The van der Waals surface area contributed by atoms with Gasteiger partial charge in [0.15, 0.2) is 29.6 Å². The predicted molar refractivity (Wildman–Crippen MR) is 210 cm³/mol. The molecule has 3 heterocycles. The molecule has 1 saturated heterocycles. The number of hydrogen-bond acceptors (Lipinski definition) is 23. The number of fused-ring (bicyclic) bond motifs is 1. The Morgan fingerprint density at radius 1 is 0.613 bits per heavy atom. The van der Waals surface area contributed by atoms with Crippen molar-refractivity contribution in [3.63, 3.8) is 0 Å². The first-order chi connectivity index (χ1) is 30.3. The molecule has 62 heavy (non-hydrogen) atoms. The summed E-state index contributed by atoms with van der Waals surface area (Å²) in [6.45, 7) is 3.31. The van der Waals surface area contributed by atoms with Gasteiger partial charge in [0.25, 0.3) is 5.56 Å². The monoisotopic (exact) mass is 895 g/mol. The Balaban J connectivity index is 1.67. The number of hydrogen-bond donors (Lipinski definition) is 2. The zero-order valence-corrected chi connectivity index (χ0v) is 35.5. The van der Waals surface area contributed by atoms with Crippen LogP contribution in [0.3, 0.4) is 0 Å². The van der Waals surface area contributed by atoms with Crippen LogP contribution in [0.25, 0.3) is 11.2 Å². The van der Waals surface area contributed by atoms with Gasteiger partial charge in [0.2, 0.25) is 5.95 Å². The van der Waals surface area contributed by atoms with E-state index in [1.165, 1.54) is 10.9 Å². The van der Waals surface area contributed by atoms with Crippen LogP contribution in [0.1, 0.15) is 6.23 Å². The van der Waals surface area contributed by atoms with Crippen LogP contribution < -0.4 is 11.3 Å². The van der Waals surface area contributed by atoms with Gasteiger partial charge in [-0.1, -0.05) is 0 Å². The summed E-state index contributed by atoms with van der Waals surface area (Å²) < 4.78 is 87.9. The number of aromatic amines is 1. The van der Waals surface area contributed by atoms with Gasteiger partial charge in [-0.15, -0.1) is 0 Å². The lowest BCUT2D eigenvalue weighted by Crippen LogP contribution is -2.42. The molecule has 2 aromatic heterocycles. The fourth-order valence-electron chi connectivity index (χ4n) is 5.26. The minimum absolute atomic E-state index is 0.0340. The number of methoxy groups -OCH3 is 3. The summed E-state index contributed by atoms with van der Waals surface area (Å²) in [5, 5.41) is 0. The lowest BCUT2D eigenvalue weighted by molar-refractivity contribution is -0.175. The number of nitrogens with zero attached hydrogens (tertiary/aromatic N) is 3. The zero-order chi connectivity index (χ0) is 44.6. The lowest BCUT2D eigenvalue weighted by Gasteiger charge is -2.25. The molecule has 0 spiro atoms. The summed E-state index contributed by atoms with van der Waals surface area (Å²) in [6, 6.07) is 0. The van der Waals surface area contributed by atoms with Crippen molar-refractivity contribution in [2.45, 2.75) is 24.5 Å². The van der Waals surface area contributed by atoms with Crippen molar-refractivity contribution in [3.8, 4) is 0 Å². The number of nitrogen functional groups attached to an aromatic ring is 1. The molecule has 354 valence electrons. The molecule has 0 aromatic carbocycles. The standard InChI is InChI=1S/C37H61N5O20/c1-47-4-7-50-10-13-53-16-19-56-23-28(43)59-22-27-32(61-29(44)24-57-20-17-54-14-11-51-8-5-48-2)33(62-30(45)25-58-21-18-55-15-12-52-9-6-49-3)36(60-27)42-26-39-31-34(42)40-37(38)41-35(31)46/h26-27,32-33,36H,4-25H2,1-3H3,(H3,38,40,41,46)/t27-,32-,33-,36-/m1/s1. The number of anilines is 1. The van der Waals surface area contributed by atoms with Crippen molar-refractivity contribution < 1.29 is 90.2 Å². The maximum absolute atomic E-state index is 13.3. The van der Waals surface area contributed by atoms with Crippen molar-refractivity contribution in [1.29, 1.82) is 0 Å². The maximum Gasteiger partial charge on any atom is 0.332 e. The van der Waals surface area contributed by atoms with E-state index < -0.39 is 74.4 Å². The van der Waals surface area contributed by atoms with Crippen LogP contribution in [0.15, 0.2) is 11.1 Å². The summed E-state index contributed by atoms with van der Waals surface area (Å²) in [6.07, 6.45) is -4.22. The molecule has 4 atom stereocenters. The second-order valence-electron chi connectivity index (χ2n) is 12.7. The van der Waals surface area contributed by atoms with E-state index in [1.54, 1.807) is 21.3 Å². The van der Waals surface area contributed by atoms with Gasteiger partial charge in [0.05, 0.1) is 125 Å². The fraction of sp³-hybridized carbons (Fsp3) is 0.784. The molecule has 25 nitrogen and oxygen atoms in total. The second-order valence-corrected chi connectivity index (χ2v) is 12.7. The highest BCUT2D eigenvalue weighted by Gasteiger charge is 2.51. The van der Waals surface area contributed by atoms with Crippen LogP contribution >= 0.6 is 0 Å². The third-order valence-electron chi connectivity index (χ3n) is 8.14. The SMILES string of the molecule is COCCOCCOCCOCC(=O)OC[C@H]1O[C@@H](n2cnc3c(=O)[nH]c(N)nc32)[C@H](OC(=O)COCCOCCOCCOC)[C@@H]1OC(=O)COCCOCCOCCOC. The van der Waals surface area contributed by atoms with Crippen molar-refractivity contribution in [2.24, 2.45) is 0 Å². The Labute approximate surface area is 358 Å². The molecule has 0 bridgehead atoms. The Hall–Kier alpha value is -3.96. The summed E-state index contributed by atoms with van der Waals surface area (Å²) in [4.78, 5) is 62.5. The van der Waals surface area contributed by atoms with Crippen molar-refractivity contribution in [2.75, 3.05) is 172 Å². The van der Waals surface area contributed by atoms with Gasteiger partial charge in [-0.2, -0.15) is 4.98 Å². The number of nitrogens with two attached hydrogens (primary N) is 1. The third-order valence-corrected chi connectivity index (χ3v) is 8.14. The van der Waals surface area contributed by atoms with Crippen LogP contribution in [-0.2, 0) is 90.2 Å². The minimum Gasteiger partial charge on any atom is -0.461 e. The molecule has 1 aliphatic rings. The third kappa shape index (κ3) is 20.9. The smallest absolute Gasteiger partial charge is 0.332 e. The molecular weight excluding hydrogens is 834 g/mol. The molecule has 25 heteroatoms. The van der Waals surface area contributed by atoms with E-state index in [9.17, 15) is 19.2 Å². The van der Waals surface area contributed by atoms with Gasteiger partial charge in [-0.05, 0) is 0 Å². The maximum atomic E-state index is 13.3. The van der Waals surface area contributed by atoms with Gasteiger partial charge < -0.3 is 81.5 Å². The van der Waals surface area contributed by atoms with Crippen molar-refractivity contribution >= 4 is 35.0 Å². The number of nitrogens with one attached hydrogen (secondary N) is 1. The highest BCUT2D eigenvalue weighted by atomic mass is 16.7. The van der Waals surface area contributed by atoms with E-state index in [-0.39, 0.29) is 56.8 Å². The van der Waals surface area contributed by atoms with E-state index >= 15 is 0 Å². The Morgan fingerprint density at radius 3 is 1.47 bits per heavy atom. The molecular formula is C37H61N5O20. The number of rotatable bonds is 38. The highest BCUT2D eigenvalue weighted by Crippen LogP contribution is 2.35. The Morgan fingerprint density at radius 2 is 1.02 bits per heavy atom. The number of carbonyl (C=O) groups is 3. The number of ether oxygens (including phenoxy) is 16. The first-order valence-corrected chi connectivity index (χ1v) is 19.9. The average Bonchev–Trinajstić information content (AvgIpc) is 3.82. The summed E-state index contributed by atoms with van der Waals surface area (Å²) in [5.74, 6) is -2.77. The summed E-state index contributed by atoms with van der Waals surface area (Å²) in [7, 11) is 4.72. The van der Waals surface area contributed by atoms with E-state index in [4.69, 9.17) is 81.5 Å². The number of esters is 3. The number of H-pyrrole nitrogens is 1. The molecule has 3 rings (SSSR count). The first-order valence-electron chi connectivity index (χ1n) is 19.9. The predicted octanol–water partition coefficient (Wildman–Crippen LogP) is -1.95. The fourth-order valence-corrected chi connectivity index (χ4v) is 5.26. The Bertz CT molecular complexity index is 1580. The molecule has 3 N–H and O–H groups in total. The van der Waals surface area contributed by atoms with E-state index in [0.717, 1.165) is 0 Å². The van der Waals surface area contributed by atoms with Gasteiger partial charge in [-0.25, -0.2) is 19.4 Å². The molecule has 0 aliphatic carbocycles. The van der Waals surface area contributed by atoms with Crippen LogP contribution in [0.2, 0.25) is 0 Å². The average molecular weight is 896 g/mol. The quantitative estimate of drug-likeness (QED) is 0.0421. The van der Waals surface area contributed by atoms with Crippen LogP contribution in [0.5, 0.6) is 0 Å². The van der Waals surface area contributed by atoms with Gasteiger partial charge in [0.1, 0.15) is 32.5 Å². The normalized spacial score (nSPS) is 17.5. The van der Waals surface area contributed by atoms with Crippen molar-refractivity contribution in [1.82, 2.24) is 19.5 Å². The molecule has 0 radical (unpaired) electrons. The first kappa shape index (κ1) is 52.4. The van der Waals surface area contributed by atoms with E-state index in [1.807, 2.05) is 0 Å². The molecule has 0 amide bonds. The highest BCUT2D eigenvalue weighted by molar-refractivity contribution is 5.73. The molecule has 2 aromatic rings. The number of imidazole rings is 1. The minimum atomic E-state index is -1.44. The van der Waals surface area contributed by atoms with Gasteiger partial charge in [0, 0.05) is 21.3 Å². The summed E-state index contributed by atoms with van der Waals surface area (Å²) >= 11 is 0. The topological polar surface area (TPSA) is 288 Å². The van der Waals surface area contributed by atoms with E-state index in [0.29, 0.717) is 79.3 Å². The summed E-state index contributed by atoms with van der Waals surface area (Å²) in [5.41, 5.74) is 5.04. The van der Waals surface area contributed by atoms with Crippen LogP contribution in [0, 0.1) is 0 Å². The second kappa shape index (κ2) is 32.7. The van der Waals surface area contributed by atoms with E-state index in [2.05, 4.69) is 15.0 Å². The number of aromatic nitrogens is 4. The Kier molecular flexibility index (Phi) is 27.6.